The molecule has 0 aliphatic carbocycles. The smallest absolute Gasteiger partial charge is 0.269 e. The van der Waals surface area contributed by atoms with Crippen LogP contribution >= 0.6 is 0 Å². The van der Waals surface area contributed by atoms with E-state index < -0.39 is 28.4 Å². The van der Waals surface area contributed by atoms with Gasteiger partial charge >= 0.3 is 0 Å². The summed E-state index contributed by atoms with van der Waals surface area (Å²) >= 11 is 0. The molecular formula is C20H25N3O6S. The standard InChI is InChI=1S/C20H25N3O6S/c1-13-6-8-16(9-7-13)30(26,27)23(3)12-19(24)21-22-20(25)15-10-17(28-4)14(2)18(11-15)29-5/h6-11H,12H2,1-5H3,(H,21,24)(H,22,25). The van der Waals surface area contributed by atoms with Crippen LogP contribution in [0.2, 0.25) is 0 Å². The van der Waals surface area contributed by atoms with Crippen molar-refractivity contribution in [2.24, 2.45) is 0 Å². The molecule has 0 atom stereocenters. The van der Waals surface area contributed by atoms with Crippen LogP contribution in [0.15, 0.2) is 41.3 Å². The number of nitrogens with zero attached hydrogens (tertiary/aromatic N) is 1. The van der Waals surface area contributed by atoms with Gasteiger partial charge in [0.2, 0.25) is 10.0 Å². The number of nitrogens with one attached hydrogen (secondary N) is 2. The molecule has 0 spiro atoms. The molecule has 0 heterocycles. The molecule has 162 valence electrons. The molecule has 2 rings (SSSR count). The second-order valence-corrected chi connectivity index (χ2v) is 8.63. The Morgan fingerprint density at radius 2 is 1.50 bits per heavy atom. The molecule has 0 unspecified atom stereocenters. The third kappa shape index (κ3) is 5.28. The maximum Gasteiger partial charge on any atom is 0.269 e. The van der Waals surface area contributed by atoms with E-state index in [0.717, 1.165) is 15.4 Å². The highest BCUT2D eigenvalue weighted by Gasteiger charge is 2.23. The van der Waals surface area contributed by atoms with Gasteiger partial charge in [0.15, 0.2) is 0 Å². The summed E-state index contributed by atoms with van der Waals surface area (Å²) in [6.45, 7) is 3.15. The SMILES string of the molecule is COc1cc(C(=O)NNC(=O)CN(C)S(=O)(=O)c2ccc(C)cc2)cc(OC)c1C. The Bertz CT molecular complexity index is 1010. The number of hydrogen-bond donors (Lipinski definition) is 2. The van der Waals surface area contributed by atoms with Gasteiger partial charge in [0, 0.05) is 18.2 Å². The topological polar surface area (TPSA) is 114 Å². The average Bonchev–Trinajstić information content (AvgIpc) is 2.72. The normalized spacial score (nSPS) is 11.1. The van der Waals surface area contributed by atoms with E-state index in [9.17, 15) is 18.0 Å². The number of rotatable bonds is 7. The second kappa shape index (κ2) is 9.59. The number of methoxy groups -OCH3 is 2. The van der Waals surface area contributed by atoms with Gasteiger partial charge in [-0.25, -0.2) is 8.42 Å². The van der Waals surface area contributed by atoms with Crippen molar-refractivity contribution in [3.8, 4) is 11.5 Å². The van der Waals surface area contributed by atoms with Gasteiger partial charge in [-0.05, 0) is 38.1 Å². The van der Waals surface area contributed by atoms with E-state index in [-0.39, 0.29) is 10.5 Å². The highest BCUT2D eigenvalue weighted by atomic mass is 32.2. The first-order valence-electron chi connectivity index (χ1n) is 8.95. The summed E-state index contributed by atoms with van der Waals surface area (Å²) in [5, 5.41) is 0. The van der Waals surface area contributed by atoms with Gasteiger partial charge in [0.05, 0.1) is 25.7 Å². The van der Waals surface area contributed by atoms with Crippen LogP contribution in [0.5, 0.6) is 11.5 Å². The minimum absolute atomic E-state index is 0.0753. The fourth-order valence-electron chi connectivity index (χ4n) is 2.63. The summed E-state index contributed by atoms with van der Waals surface area (Å²) < 4.78 is 36.4. The van der Waals surface area contributed by atoms with Crippen molar-refractivity contribution in [3.05, 3.63) is 53.1 Å². The van der Waals surface area contributed by atoms with Crippen molar-refractivity contribution in [1.82, 2.24) is 15.2 Å². The summed E-state index contributed by atoms with van der Waals surface area (Å²) in [5.41, 5.74) is 6.31. The van der Waals surface area contributed by atoms with Crippen LogP contribution < -0.4 is 20.3 Å². The zero-order valence-corrected chi connectivity index (χ0v) is 18.3. The molecule has 0 saturated carbocycles. The number of hydrogen-bond acceptors (Lipinski definition) is 6. The number of sulfonamides is 1. The molecule has 0 saturated heterocycles. The predicted octanol–water partition coefficient (Wildman–Crippen LogP) is 1.40. The van der Waals surface area contributed by atoms with E-state index in [1.807, 2.05) is 6.92 Å². The largest absolute Gasteiger partial charge is 0.496 e. The predicted molar refractivity (Wildman–Crippen MR) is 111 cm³/mol. The Morgan fingerprint density at radius 1 is 0.967 bits per heavy atom. The quantitative estimate of drug-likeness (QED) is 0.636. The zero-order valence-electron chi connectivity index (χ0n) is 17.5. The van der Waals surface area contributed by atoms with Crippen LogP contribution in [0.3, 0.4) is 0 Å². The Hall–Kier alpha value is -3.11. The van der Waals surface area contributed by atoms with Crippen LogP contribution in [0, 0.1) is 13.8 Å². The van der Waals surface area contributed by atoms with Gasteiger partial charge in [-0.15, -0.1) is 0 Å². The van der Waals surface area contributed by atoms with Gasteiger partial charge < -0.3 is 9.47 Å². The van der Waals surface area contributed by atoms with Crippen molar-refractivity contribution < 1.29 is 27.5 Å². The first kappa shape index (κ1) is 23.2. The molecule has 0 bridgehead atoms. The first-order valence-corrected chi connectivity index (χ1v) is 10.4. The lowest BCUT2D eigenvalue weighted by atomic mass is 10.1. The van der Waals surface area contributed by atoms with Crippen LogP contribution in [0.4, 0.5) is 0 Å². The third-order valence-corrected chi connectivity index (χ3v) is 6.24. The molecular weight excluding hydrogens is 410 g/mol. The molecule has 0 aliphatic heterocycles. The van der Waals surface area contributed by atoms with Crippen LogP contribution in [0.25, 0.3) is 0 Å². The number of amides is 2. The average molecular weight is 436 g/mol. The summed E-state index contributed by atoms with van der Waals surface area (Å²) in [6, 6.07) is 9.30. The fraction of sp³-hybridized carbons (Fsp3) is 0.300. The molecule has 2 aromatic carbocycles. The van der Waals surface area contributed by atoms with Gasteiger partial charge in [-0.1, -0.05) is 17.7 Å². The Kier molecular flexibility index (Phi) is 7.41. The number of carbonyl (C=O) groups excluding carboxylic acids is 2. The first-order chi connectivity index (χ1) is 14.1. The number of carbonyl (C=O) groups is 2. The van der Waals surface area contributed by atoms with Crippen molar-refractivity contribution in [2.75, 3.05) is 27.8 Å². The molecule has 0 radical (unpaired) electrons. The number of benzene rings is 2. The summed E-state index contributed by atoms with van der Waals surface area (Å²) in [5.74, 6) is -0.402. The lowest BCUT2D eigenvalue weighted by molar-refractivity contribution is -0.121. The van der Waals surface area contributed by atoms with Crippen molar-refractivity contribution in [1.29, 1.82) is 0 Å². The second-order valence-electron chi connectivity index (χ2n) is 6.58. The minimum atomic E-state index is -3.84. The molecule has 2 N–H and O–H groups in total. The molecule has 2 aromatic rings. The van der Waals surface area contributed by atoms with Crippen molar-refractivity contribution in [2.45, 2.75) is 18.7 Å². The zero-order chi connectivity index (χ0) is 22.5. The Morgan fingerprint density at radius 3 is 2.00 bits per heavy atom. The molecule has 0 aliphatic rings. The number of ether oxygens (including phenoxy) is 2. The van der Waals surface area contributed by atoms with E-state index in [0.29, 0.717) is 11.5 Å². The maximum atomic E-state index is 12.5. The van der Waals surface area contributed by atoms with E-state index in [4.69, 9.17) is 9.47 Å². The number of likely N-dealkylation sites (N-methyl/N-ethyl adjacent to an activating group) is 1. The Labute approximate surface area is 176 Å². The van der Waals surface area contributed by atoms with Crippen LogP contribution in [-0.2, 0) is 14.8 Å². The third-order valence-electron chi connectivity index (χ3n) is 4.43. The van der Waals surface area contributed by atoms with Gasteiger partial charge in [0.25, 0.3) is 11.8 Å². The highest BCUT2D eigenvalue weighted by Crippen LogP contribution is 2.29. The minimum Gasteiger partial charge on any atom is -0.496 e. The fourth-order valence-corrected chi connectivity index (χ4v) is 3.76. The van der Waals surface area contributed by atoms with E-state index in [2.05, 4.69) is 10.9 Å². The maximum absolute atomic E-state index is 12.5. The molecule has 30 heavy (non-hydrogen) atoms. The molecule has 0 aromatic heterocycles. The van der Waals surface area contributed by atoms with Crippen LogP contribution in [0.1, 0.15) is 21.5 Å². The molecule has 2 amide bonds. The van der Waals surface area contributed by atoms with E-state index in [1.165, 1.54) is 45.5 Å². The molecule has 9 nitrogen and oxygen atoms in total. The van der Waals surface area contributed by atoms with Crippen molar-refractivity contribution >= 4 is 21.8 Å². The van der Waals surface area contributed by atoms with E-state index >= 15 is 0 Å². The summed E-state index contributed by atoms with van der Waals surface area (Å²) in [4.78, 5) is 24.6. The lowest BCUT2D eigenvalue weighted by Crippen LogP contribution is -2.46. The van der Waals surface area contributed by atoms with Gasteiger partial charge in [-0.3, -0.25) is 20.4 Å². The number of hydrazine groups is 1. The van der Waals surface area contributed by atoms with Crippen LogP contribution in [-0.4, -0.2) is 52.3 Å². The monoisotopic (exact) mass is 435 g/mol. The van der Waals surface area contributed by atoms with Gasteiger partial charge in [-0.2, -0.15) is 4.31 Å². The van der Waals surface area contributed by atoms with Gasteiger partial charge in [0.1, 0.15) is 11.5 Å². The molecule has 10 heteroatoms. The van der Waals surface area contributed by atoms with Crippen molar-refractivity contribution in [3.63, 3.8) is 0 Å². The number of aryl methyl sites for hydroxylation is 1. The lowest BCUT2D eigenvalue weighted by Gasteiger charge is -2.17. The molecule has 0 fully saturated rings. The summed E-state index contributed by atoms with van der Waals surface area (Å²) in [7, 11) is 0.382. The highest BCUT2D eigenvalue weighted by molar-refractivity contribution is 7.89. The summed E-state index contributed by atoms with van der Waals surface area (Å²) in [6.07, 6.45) is 0. The van der Waals surface area contributed by atoms with E-state index in [1.54, 1.807) is 19.1 Å². The Balaban J connectivity index is 2.02.